The molecule has 23 heavy (non-hydrogen) atoms. The Morgan fingerprint density at radius 3 is 2.70 bits per heavy atom. The number of carboxylic acid groups (broad SMARTS) is 1. The monoisotopic (exact) mass is 349 g/mol. The average Bonchev–Trinajstić information content (AvgIpc) is 3.06. The van der Waals surface area contributed by atoms with Crippen LogP contribution in [0.5, 0.6) is 0 Å². The zero-order valence-electron chi connectivity index (χ0n) is 11.3. The molecular formula is C15H8ClNO5S. The molecule has 1 aliphatic heterocycles. The average molecular weight is 350 g/mol. The van der Waals surface area contributed by atoms with Crippen molar-refractivity contribution < 1.29 is 23.9 Å². The van der Waals surface area contributed by atoms with Crippen molar-refractivity contribution in [3.8, 4) is 11.3 Å². The van der Waals surface area contributed by atoms with Crippen molar-refractivity contribution in [2.45, 2.75) is 0 Å². The van der Waals surface area contributed by atoms with E-state index in [0.717, 1.165) is 11.8 Å². The molecule has 2 heterocycles. The number of imide groups is 1. The highest BCUT2D eigenvalue weighted by atomic mass is 35.5. The summed E-state index contributed by atoms with van der Waals surface area (Å²) in [5.41, 5.74) is 0.507. The highest BCUT2D eigenvalue weighted by Crippen LogP contribution is 2.32. The zero-order valence-corrected chi connectivity index (χ0v) is 12.9. The van der Waals surface area contributed by atoms with E-state index in [2.05, 4.69) is 5.32 Å². The maximum absolute atomic E-state index is 11.5. The number of hydrogen-bond donors (Lipinski definition) is 2. The Morgan fingerprint density at radius 1 is 1.26 bits per heavy atom. The minimum absolute atomic E-state index is 0.0806. The van der Waals surface area contributed by atoms with Crippen LogP contribution in [0.1, 0.15) is 16.1 Å². The van der Waals surface area contributed by atoms with Gasteiger partial charge in [-0.1, -0.05) is 11.6 Å². The van der Waals surface area contributed by atoms with E-state index in [1.807, 2.05) is 0 Å². The van der Waals surface area contributed by atoms with Crippen LogP contribution in [0.3, 0.4) is 0 Å². The van der Waals surface area contributed by atoms with Crippen LogP contribution in [0, 0.1) is 0 Å². The minimum Gasteiger partial charge on any atom is -0.478 e. The number of carboxylic acids is 1. The summed E-state index contributed by atoms with van der Waals surface area (Å²) in [7, 11) is 0. The fourth-order valence-corrected chi connectivity index (χ4v) is 2.85. The lowest BCUT2D eigenvalue weighted by molar-refractivity contribution is -0.115. The molecule has 2 amide bonds. The van der Waals surface area contributed by atoms with Gasteiger partial charge in [-0.25, -0.2) is 4.79 Å². The van der Waals surface area contributed by atoms with Gasteiger partial charge in [-0.2, -0.15) is 0 Å². The van der Waals surface area contributed by atoms with Crippen molar-refractivity contribution in [1.29, 1.82) is 0 Å². The summed E-state index contributed by atoms with van der Waals surface area (Å²) in [6.45, 7) is 0. The molecule has 116 valence electrons. The van der Waals surface area contributed by atoms with Crippen LogP contribution < -0.4 is 5.32 Å². The number of benzene rings is 1. The highest BCUT2D eigenvalue weighted by Gasteiger charge is 2.25. The van der Waals surface area contributed by atoms with Gasteiger partial charge in [-0.3, -0.25) is 14.9 Å². The number of hydrogen-bond acceptors (Lipinski definition) is 5. The number of thioether (sulfide) groups is 1. The first-order valence-electron chi connectivity index (χ1n) is 6.32. The third-order valence-corrected chi connectivity index (χ3v) is 4.16. The molecule has 1 aliphatic rings. The second-order valence-corrected chi connectivity index (χ2v) is 5.98. The number of halogens is 1. The summed E-state index contributed by atoms with van der Waals surface area (Å²) < 4.78 is 5.57. The Kier molecular flexibility index (Phi) is 3.97. The zero-order chi connectivity index (χ0) is 16.6. The Balaban J connectivity index is 1.95. The minimum atomic E-state index is -1.07. The first-order chi connectivity index (χ1) is 10.9. The van der Waals surface area contributed by atoms with Gasteiger partial charge in [0.25, 0.3) is 11.1 Å². The number of amides is 2. The maximum atomic E-state index is 11.5. The van der Waals surface area contributed by atoms with Gasteiger partial charge in [0.1, 0.15) is 11.5 Å². The summed E-state index contributed by atoms with van der Waals surface area (Å²) in [6, 6.07) is 7.48. The Bertz CT molecular complexity index is 871. The lowest BCUT2D eigenvalue weighted by Crippen LogP contribution is -2.17. The molecule has 6 nitrogen and oxygen atoms in total. The molecule has 0 spiro atoms. The number of nitrogens with one attached hydrogen (secondary N) is 1. The highest BCUT2D eigenvalue weighted by molar-refractivity contribution is 8.18. The van der Waals surface area contributed by atoms with Gasteiger partial charge in [0.05, 0.1) is 15.5 Å². The molecule has 0 aliphatic carbocycles. The van der Waals surface area contributed by atoms with Crippen LogP contribution in [0.25, 0.3) is 17.4 Å². The van der Waals surface area contributed by atoms with Crippen LogP contribution in [0.2, 0.25) is 5.02 Å². The standard InChI is InChI=1S/C15H8ClNO5S/c16-10-3-1-7(14(19)20)5-9(10)11-4-2-8(22-11)6-12-13(18)17-15(21)23-12/h1-6H,(H,19,20)(H,17,18,21)/b12-6+. The second kappa shape index (κ2) is 5.94. The summed E-state index contributed by atoms with van der Waals surface area (Å²) in [6.07, 6.45) is 1.43. The molecule has 2 aromatic rings. The molecule has 8 heteroatoms. The molecule has 1 aromatic heterocycles. The third-order valence-electron chi connectivity index (χ3n) is 3.02. The predicted molar refractivity (Wildman–Crippen MR) is 85.2 cm³/mol. The van der Waals surface area contributed by atoms with E-state index < -0.39 is 17.1 Å². The number of aromatic carboxylic acids is 1. The van der Waals surface area contributed by atoms with Gasteiger partial charge in [0.15, 0.2) is 0 Å². The van der Waals surface area contributed by atoms with Crippen LogP contribution in [-0.2, 0) is 4.79 Å². The van der Waals surface area contributed by atoms with E-state index in [4.69, 9.17) is 21.1 Å². The van der Waals surface area contributed by atoms with Gasteiger partial charge >= 0.3 is 5.97 Å². The number of furan rings is 1. The Labute approximate surface area is 139 Å². The predicted octanol–water partition coefficient (Wildman–Crippen LogP) is 3.62. The van der Waals surface area contributed by atoms with Gasteiger partial charge < -0.3 is 9.52 Å². The second-order valence-electron chi connectivity index (χ2n) is 4.55. The van der Waals surface area contributed by atoms with Crippen LogP contribution in [0.15, 0.2) is 39.7 Å². The van der Waals surface area contributed by atoms with E-state index in [-0.39, 0.29) is 10.5 Å². The number of carbonyl (C=O) groups is 3. The number of carbonyl (C=O) groups excluding carboxylic acids is 2. The van der Waals surface area contributed by atoms with Crippen molar-refractivity contribution in [2.75, 3.05) is 0 Å². The molecule has 0 atom stereocenters. The van der Waals surface area contributed by atoms with E-state index in [0.29, 0.717) is 22.1 Å². The third kappa shape index (κ3) is 3.15. The van der Waals surface area contributed by atoms with Crippen molar-refractivity contribution >= 4 is 46.6 Å². The Morgan fingerprint density at radius 2 is 2.04 bits per heavy atom. The largest absolute Gasteiger partial charge is 0.478 e. The van der Waals surface area contributed by atoms with Gasteiger partial charge in [0.2, 0.25) is 0 Å². The SMILES string of the molecule is O=C1NC(=O)/C(=C\c2ccc(-c3cc(C(=O)O)ccc3Cl)o2)S1. The van der Waals surface area contributed by atoms with Gasteiger partial charge in [-0.15, -0.1) is 0 Å². The van der Waals surface area contributed by atoms with Crippen LogP contribution >= 0.6 is 23.4 Å². The first kappa shape index (κ1) is 15.4. The maximum Gasteiger partial charge on any atom is 0.335 e. The summed E-state index contributed by atoms with van der Waals surface area (Å²) in [4.78, 5) is 33.9. The summed E-state index contributed by atoms with van der Waals surface area (Å²) in [5, 5.41) is 11.1. The van der Waals surface area contributed by atoms with E-state index in [9.17, 15) is 14.4 Å². The molecular weight excluding hydrogens is 342 g/mol. The first-order valence-corrected chi connectivity index (χ1v) is 7.51. The molecule has 0 bridgehead atoms. The molecule has 3 rings (SSSR count). The molecule has 1 aromatic carbocycles. The van der Waals surface area contributed by atoms with Gasteiger partial charge in [-0.05, 0) is 42.1 Å². The molecule has 0 unspecified atom stereocenters. The molecule has 0 radical (unpaired) electrons. The van der Waals surface area contributed by atoms with Crippen molar-refractivity contribution in [3.05, 3.63) is 51.6 Å². The van der Waals surface area contributed by atoms with Crippen molar-refractivity contribution in [3.63, 3.8) is 0 Å². The summed E-state index contributed by atoms with van der Waals surface area (Å²) >= 11 is 6.86. The van der Waals surface area contributed by atoms with Gasteiger partial charge in [0, 0.05) is 11.6 Å². The molecule has 0 saturated carbocycles. The normalized spacial score (nSPS) is 16.0. The van der Waals surface area contributed by atoms with E-state index in [1.165, 1.54) is 24.3 Å². The van der Waals surface area contributed by atoms with E-state index >= 15 is 0 Å². The molecule has 1 fully saturated rings. The van der Waals surface area contributed by atoms with Crippen molar-refractivity contribution in [2.24, 2.45) is 0 Å². The quantitative estimate of drug-likeness (QED) is 0.821. The van der Waals surface area contributed by atoms with Crippen molar-refractivity contribution in [1.82, 2.24) is 5.32 Å². The smallest absolute Gasteiger partial charge is 0.335 e. The Hall–Kier alpha value is -2.51. The summed E-state index contributed by atoms with van der Waals surface area (Å²) in [5.74, 6) is -0.845. The molecule has 2 N–H and O–H groups in total. The van der Waals surface area contributed by atoms with E-state index in [1.54, 1.807) is 12.1 Å². The van der Waals surface area contributed by atoms with Crippen LogP contribution in [0.4, 0.5) is 4.79 Å². The lowest BCUT2D eigenvalue weighted by atomic mass is 10.1. The molecule has 1 saturated heterocycles. The number of rotatable bonds is 3. The van der Waals surface area contributed by atoms with Crippen LogP contribution in [-0.4, -0.2) is 22.2 Å². The lowest BCUT2D eigenvalue weighted by Gasteiger charge is -2.02. The topological polar surface area (TPSA) is 96.6 Å². The fourth-order valence-electron chi connectivity index (χ4n) is 1.97. The fraction of sp³-hybridized carbons (Fsp3) is 0.